The van der Waals surface area contributed by atoms with Crippen LogP contribution in [0.15, 0.2) is 35.4 Å². The number of hydrazone groups is 1. The Bertz CT molecular complexity index is 793. The predicted molar refractivity (Wildman–Crippen MR) is 98.2 cm³/mol. The fourth-order valence-electron chi connectivity index (χ4n) is 3.08. The first-order valence-electron chi connectivity index (χ1n) is 8.61. The van der Waals surface area contributed by atoms with Gasteiger partial charge in [0.1, 0.15) is 5.82 Å². The molecular weight excluding hydrogens is 335 g/mol. The molecule has 1 aromatic heterocycles. The van der Waals surface area contributed by atoms with E-state index in [1.807, 2.05) is 29.4 Å². The summed E-state index contributed by atoms with van der Waals surface area (Å²) in [5.74, 6) is -0.406. The van der Waals surface area contributed by atoms with Gasteiger partial charge in [-0.15, -0.1) is 0 Å². The van der Waals surface area contributed by atoms with Crippen LogP contribution < -0.4 is 5.43 Å². The SMILES string of the molecule is Cc1cc(/C=N\NC(=O)CN2CCOCC2)c(C)n1-c1ccc(F)cc1. The quantitative estimate of drug-likeness (QED) is 0.657. The number of aryl methyl sites for hydroxylation is 1. The topological polar surface area (TPSA) is 58.9 Å². The first-order chi connectivity index (χ1) is 12.5. The molecular formula is C19H23FN4O2. The van der Waals surface area contributed by atoms with E-state index in [-0.39, 0.29) is 11.7 Å². The molecule has 0 saturated carbocycles. The van der Waals surface area contributed by atoms with E-state index in [0.717, 1.165) is 35.7 Å². The van der Waals surface area contributed by atoms with Crippen molar-refractivity contribution in [1.29, 1.82) is 0 Å². The van der Waals surface area contributed by atoms with E-state index in [9.17, 15) is 9.18 Å². The molecule has 2 aromatic rings. The Balaban J connectivity index is 1.64. The van der Waals surface area contributed by atoms with Gasteiger partial charge in [-0.25, -0.2) is 9.82 Å². The monoisotopic (exact) mass is 358 g/mol. The van der Waals surface area contributed by atoms with Crippen molar-refractivity contribution in [2.45, 2.75) is 13.8 Å². The lowest BCUT2D eigenvalue weighted by Gasteiger charge is -2.25. The second-order valence-corrected chi connectivity index (χ2v) is 6.32. The first-order valence-corrected chi connectivity index (χ1v) is 8.61. The third-order valence-electron chi connectivity index (χ3n) is 4.42. The zero-order valence-corrected chi connectivity index (χ0v) is 15.0. The fraction of sp³-hybridized carbons (Fsp3) is 0.368. The fourth-order valence-corrected chi connectivity index (χ4v) is 3.08. The summed E-state index contributed by atoms with van der Waals surface area (Å²) in [5.41, 5.74) is 6.34. The van der Waals surface area contributed by atoms with Crippen molar-refractivity contribution in [3.05, 3.63) is 53.1 Å². The third-order valence-corrected chi connectivity index (χ3v) is 4.42. The minimum absolute atomic E-state index is 0.143. The lowest BCUT2D eigenvalue weighted by atomic mass is 10.2. The molecule has 0 atom stereocenters. The summed E-state index contributed by atoms with van der Waals surface area (Å²) in [4.78, 5) is 14.0. The largest absolute Gasteiger partial charge is 0.379 e. The van der Waals surface area contributed by atoms with E-state index in [1.54, 1.807) is 18.3 Å². The van der Waals surface area contributed by atoms with Crippen LogP contribution in [0.1, 0.15) is 17.0 Å². The van der Waals surface area contributed by atoms with Crippen LogP contribution in [0.25, 0.3) is 5.69 Å². The normalized spacial score (nSPS) is 15.5. The summed E-state index contributed by atoms with van der Waals surface area (Å²) in [6, 6.07) is 8.33. The van der Waals surface area contributed by atoms with Gasteiger partial charge in [-0.1, -0.05) is 0 Å². The number of hydrogen-bond donors (Lipinski definition) is 1. The Morgan fingerprint density at radius 3 is 2.65 bits per heavy atom. The molecule has 1 amide bonds. The Labute approximate surface area is 152 Å². The predicted octanol–water partition coefficient (Wildman–Crippen LogP) is 2.02. The van der Waals surface area contributed by atoms with E-state index in [2.05, 4.69) is 10.5 Å². The lowest BCUT2D eigenvalue weighted by Crippen LogP contribution is -2.42. The molecule has 1 fully saturated rings. The molecule has 1 N–H and O–H groups in total. The van der Waals surface area contributed by atoms with E-state index in [4.69, 9.17) is 4.74 Å². The van der Waals surface area contributed by atoms with Gasteiger partial charge in [-0.2, -0.15) is 5.10 Å². The molecule has 1 saturated heterocycles. The number of carbonyl (C=O) groups is 1. The first kappa shape index (κ1) is 18.3. The Hall–Kier alpha value is -2.51. The zero-order chi connectivity index (χ0) is 18.5. The maximum atomic E-state index is 13.1. The molecule has 0 radical (unpaired) electrons. The number of benzene rings is 1. The van der Waals surface area contributed by atoms with Gasteiger partial charge in [-0.3, -0.25) is 9.69 Å². The molecule has 7 heteroatoms. The van der Waals surface area contributed by atoms with E-state index < -0.39 is 0 Å². The number of carbonyl (C=O) groups excluding carboxylic acids is 1. The third kappa shape index (κ3) is 4.36. The molecule has 0 unspecified atom stereocenters. The molecule has 2 heterocycles. The number of hydrogen-bond acceptors (Lipinski definition) is 4. The van der Waals surface area contributed by atoms with Crippen molar-refractivity contribution < 1.29 is 13.9 Å². The molecule has 1 aliphatic rings. The molecule has 3 rings (SSSR count). The van der Waals surface area contributed by atoms with Gasteiger partial charge < -0.3 is 9.30 Å². The molecule has 26 heavy (non-hydrogen) atoms. The van der Waals surface area contributed by atoms with Crippen LogP contribution in [-0.4, -0.2) is 54.4 Å². The molecule has 0 spiro atoms. The van der Waals surface area contributed by atoms with Crippen molar-refractivity contribution in [2.75, 3.05) is 32.8 Å². The van der Waals surface area contributed by atoms with Gasteiger partial charge in [0.2, 0.25) is 0 Å². The highest BCUT2D eigenvalue weighted by atomic mass is 19.1. The summed E-state index contributed by atoms with van der Waals surface area (Å²) in [5, 5.41) is 4.07. The van der Waals surface area contributed by atoms with E-state index >= 15 is 0 Å². The van der Waals surface area contributed by atoms with Crippen molar-refractivity contribution in [2.24, 2.45) is 5.10 Å². The van der Waals surface area contributed by atoms with Gasteiger partial charge in [0, 0.05) is 35.7 Å². The maximum Gasteiger partial charge on any atom is 0.254 e. The van der Waals surface area contributed by atoms with Gasteiger partial charge in [0.15, 0.2) is 0 Å². The zero-order valence-electron chi connectivity index (χ0n) is 15.0. The summed E-state index contributed by atoms with van der Waals surface area (Å²) < 4.78 is 20.4. The van der Waals surface area contributed by atoms with Crippen LogP contribution in [-0.2, 0) is 9.53 Å². The van der Waals surface area contributed by atoms with Crippen molar-refractivity contribution in [3.63, 3.8) is 0 Å². The maximum absolute atomic E-state index is 13.1. The number of morpholine rings is 1. The minimum atomic E-state index is -0.263. The van der Waals surface area contributed by atoms with Gasteiger partial charge in [-0.05, 0) is 44.2 Å². The standard InChI is InChI=1S/C19H23FN4O2/c1-14-11-16(15(2)24(14)18-5-3-17(20)4-6-18)12-21-22-19(25)13-23-7-9-26-10-8-23/h3-6,11-12H,7-10,13H2,1-2H3,(H,22,25)/b21-12-. The Kier molecular flexibility index (Phi) is 5.80. The second kappa shape index (κ2) is 8.25. The number of halogens is 1. The van der Waals surface area contributed by atoms with Gasteiger partial charge in [0.05, 0.1) is 26.0 Å². The summed E-state index contributed by atoms with van der Waals surface area (Å²) in [6.45, 7) is 7.09. The van der Waals surface area contributed by atoms with Crippen LogP contribution in [0, 0.1) is 19.7 Å². The lowest BCUT2D eigenvalue weighted by molar-refractivity contribution is -0.123. The van der Waals surface area contributed by atoms with Crippen LogP contribution in [0.3, 0.4) is 0 Å². The average Bonchev–Trinajstić information content (AvgIpc) is 2.90. The number of amides is 1. The Morgan fingerprint density at radius 1 is 1.27 bits per heavy atom. The van der Waals surface area contributed by atoms with E-state index in [1.165, 1.54) is 12.1 Å². The van der Waals surface area contributed by atoms with Crippen molar-refractivity contribution in [3.8, 4) is 5.69 Å². The number of nitrogens with zero attached hydrogens (tertiary/aromatic N) is 3. The van der Waals surface area contributed by atoms with Gasteiger partial charge >= 0.3 is 0 Å². The summed E-state index contributed by atoms with van der Waals surface area (Å²) in [6.07, 6.45) is 1.64. The number of rotatable bonds is 5. The Morgan fingerprint density at radius 2 is 1.96 bits per heavy atom. The highest BCUT2D eigenvalue weighted by molar-refractivity contribution is 5.84. The number of nitrogens with one attached hydrogen (secondary N) is 1. The smallest absolute Gasteiger partial charge is 0.254 e. The van der Waals surface area contributed by atoms with Crippen LogP contribution in [0.2, 0.25) is 0 Å². The molecule has 138 valence electrons. The molecule has 6 nitrogen and oxygen atoms in total. The number of aromatic nitrogens is 1. The molecule has 0 bridgehead atoms. The molecule has 0 aliphatic carbocycles. The van der Waals surface area contributed by atoms with Crippen LogP contribution in [0.4, 0.5) is 4.39 Å². The van der Waals surface area contributed by atoms with Crippen molar-refractivity contribution in [1.82, 2.24) is 14.9 Å². The minimum Gasteiger partial charge on any atom is -0.379 e. The number of ether oxygens (including phenoxy) is 1. The van der Waals surface area contributed by atoms with Crippen molar-refractivity contribution >= 4 is 12.1 Å². The average molecular weight is 358 g/mol. The summed E-state index contributed by atoms with van der Waals surface area (Å²) >= 11 is 0. The van der Waals surface area contributed by atoms with Crippen LogP contribution >= 0.6 is 0 Å². The van der Waals surface area contributed by atoms with E-state index in [0.29, 0.717) is 19.8 Å². The summed E-state index contributed by atoms with van der Waals surface area (Å²) in [7, 11) is 0. The highest BCUT2D eigenvalue weighted by Crippen LogP contribution is 2.19. The highest BCUT2D eigenvalue weighted by Gasteiger charge is 2.14. The van der Waals surface area contributed by atoms with Crippen LogP contribution in [0.5, 0.6) is 0 Å². The molecule has 1 aromatic carbocycles. The van der Waals surface area contributed by atoms with Gasteiger partial charge in [0.25, 0.3) is 5.91 Å². The molecule has 1 aliphatic heterocycles. The second-order valence-electron chi connectivity index (χ2n) is 6.32.